The van der Waals surface area contributed by atoms with E-state index in [2.05, 4.69) is 25.6 Å². The summed E-state index contributed by atoms with van der Waals surface area (Å²) in [6, 6.07) is 5.45. The summed E-state index contributed by atoms with van der Waals surface area (Å²) < 4.78 is 0. The van der Waals surface area contributed by atoms with Crippen LogP contribution in [0.3, 0.4) is 0 Å². The lowest BCUT2D eigenvalue weighted by atomic mass is 10.6. The molecule has 0 fully saturated rings. The Bertz CT molecular complexity index is 328. The summed E-state index contributed by atoms with van der Waals surface area (Å²) in [7, 11) is 0. The van der Waals surface area contributed by atoms with E-state index in [-0.39, 0.29) is 0 Å². The fourth-order valence-corrected chi connectivity index (χ4v) is 1.39. The molecule has 0 spiro atoms. The summed E-state index contributed by atoms with van der Waals surface area (Å²) >= 11 is 1.40. The molecule has 0 aliphatic rings. The van der Waals surface area contributed by atoms with Crippen LogP contribution in [-0.2, 0) is 0 Å². The van der Waals surface area contributed by atoms with Gasteiger partial charge in [0.05, 0.1) is 6.20 Å². The standard InChI is InChI=1S/C7H5N5S/c1-2-6(10-8-4-1)13-7-3-5-9-12-11-7/h1-5H. The van der Waals surface area contributed by atoms with Gasteiger partial charge in [0.15, 0.2) is 0 Å². The minimum absolute atomic E-state index is 0.760. The Morgan fingerprint density at radius 2 is 1.85 bits per heavy atom. The van der Waals surface area contributed by atoms with Crippen molar-refractivity contribution >= 4 is 11.8 Å². The van der Waals surface area contributed by atoms with Crippen LogP contribution in [0.4, 0.5) is 0 Å². The fourth-order valence-electron chi connectivity index (χ4n) is 0.734. The van der Waals surface area contributed by atoms with E-state index in [1.807, 2.05) is 12.1 Å². The van der Waals surface area contributed by atoms with Gasteiger partial charge in [-0.15, -0.1) is 15.3 Å². The predicted molar refractivity (Wildman–Crippen MR) is 46.0 cm³/mol. The second-order valence-corrected chi connectivity index (χ2v) is 3.16. The van der Waals surface area contributed by atoms with Crippen molar-refractivity contribution in [2.75, 3.05) is 0 Å². The average Bonchev–Trinajstić information content (AvgIpc) is 2.21. The van der Waals surface area contributed by atoms with Crippen molar-refractivity contribution in [1.82, 2.24) is 25.6 Å². The third kappa shape index (κ3) is 2.19. The first-order valence-corrected chi connectivity index (χ1v) is 4.37. The Labute approximate surface area is 78.6 Å². The highest BCUT2D eigenvalue weighted by Gasteiger charge is 1.98. The Morgan fingerprint density at radius 1 is 0.923 bits per heavy atom. The molecular weight excluding hydrogens is 186 g/mol. The number of nitrogens with zero attached hydrogens (tertiary/aromatic N) is 5. The lowest BCUT2D eigenvalue weighted by Gasteiger charge is -1.94. The van der Waals surface area contributed by atoms with Gasteiger partial charge in [-0.2, -0.15) is 5.10 Å². The van der Waals surface area contributed by atoms with Gasteiger partial charge >= 0.3 is 0 Å². The van der Waals surface area contributed by atoms with Gasteiger partial charge < -0.3 is 0 Å². The van der Waals surface area contributed by atoms with E-state index < -0.39 is 0 Å². The van der Waals surface area contributed by atoms with Gasteiger partial charge in [-0.05, 0) is 35.2 Å². The zero-order valence-electron chi connectivity index (χ0n) is 6.53. The minimum atomic E-state index is 0.760. The Hall–Kier alpha value is -1.56. The first-order valence-electron chi connectivity index (χ1n) is 3.55. The lowest BCUT2D eigenvalue weighted by molar-refractivity contribution is 0.801. The zero-order valence-corrected chi connectivity index (χ0v) is 7.35. The number of rotatable bonds is 2. The first-order chi connectivity index (χ1) is 6.45. The predicted octanol–water partition coefficient (Wildman–Crippen LogP) is 0.813. The molecule has 13 heavy (non-hydrogen) atoms. The Kier molecular flexibility index (Phi) is 2.42. The van der Waals surface area contributed by atoms with E-state index in [1.54, 1.807) is 18.5 Å². The smallest absolute Gasteiger partial charge is 0.128 e. The average molecular weight is 191 g/mol. The second-order valence-electron chi connectivity index (χ2n) is 2.12. The van der Waals surface area contributed by atoms with Crippen molar-refractivity contribution in [2.45, 2.75) is 10.1 Å². The minimum Gasteiger partial charge on any atom is -0.158 e. The monoisotopic (exact) mass is 191 g/mol. The summed E-state index contributed by atoms with van der Waals surface area (Å²) in [6.07, 6.45) is 3.22. The van der Waals surface area contributed by atoms with Crippen LogP contribution in [-0.4, -0.2) is 25.6 Å². The summed E-state index contributed by atoms with van der Waals surface area (Å²) in [4.78, 5) is 0. The maximum atomic E-state index is 3.90. The van der Waals surface area contributed by atoms with Gasteiger partial charge in [-0.25, -0.2) is 0 Å². The van der Waals surface area contributed by atoms with E-state index in [0.717, 1.165) is 10.1 Å². The molecule has 0 atom stereocenters. The van der Waals surface area contributed by atoms with Crippen molar-refractivity contribution in [3.8, 4) is 0 Å². The molecule has 0 N–H and O–H groups in total. The highest BCUT2D eigenvalue weighted by molar-refractivity contribution is 7.99. The normalized spacial score (nSPS) is 9.85. The largest absolute Gasteiger partial charge is 0.158 e. The molecule has 2 heterocycles. The van der Waals surface area contributed by atoms with Crippen LogP contribution in [0.5, 0.6) is 0 Å². The molecule has 0 aromatic carbocycles. The molecule has 5 nitrogen and oxygen atoms in total. The van der Waals surface area contributed by atoms with Crippen LogP contribution in [0.15, 0.2) is 40.6 Å². The van der Waals surface area contributed by atoms with E-state index in [0.29, 0.717) is 0 Å². The van der Waals surface area contributed by atoms with E-state index in [4.69, 9.17) is 0 Å². The molecule has 0 unspecified atom stereocenters. The van der Waals surface area contributed by atoms with Crippen LogP contribution in [0.25, 0.3) is 0 Å². The molecule has 0 aliphatic carbocycles. The fraction of sp³-hybridized carbons (Fsp3) is 0. The molecule has 0 amide bonds. The van der Waals surface area contributed by atoms with E-state index >= 15 is 0 Å². The Morgan fingerprint density at radius 3 is 2.54 bits per heavy atom. The van der Waals surface area contributed by atoms with E-state index in [1.165, 1.54) is 11.8 Å². The molecule has 0 bridgehead atoms. The van der Waals surface area contributed by atoms with Crippen molar-refractivity contribution in [1.29, 1.82) is 0 Å². The van der Waals surface area contributed by atoms with Crippen LogP contribution < -0.4 is 0 Å². The van der Waals surface area contributed by atoms with Crippen LogP contribution in [0, 0.1) is 0 Å². The van der Waals surface area contributed by atoms with Gasteiger partial charge in [0.25, 0.3) is 0 Å². The molecule has 0 radical (unpaired) electrons. The number of aromatic nitrogens is 5. The number of hydrogen-bond acceptors (Lipinski definition) is 6. The van der Waals surface area contributed by atoms with Gasteiger partial charge in [0.2, 0.25) is 0 Å². The molecule has 0 saturated carbocycles. The lowest BCUT2D eigenvalue weighted by Crippen LogP contribution is -1.88. The quantitative estimate of drug-likeness (QED) is 0.700. The van der Waals surface area contributed by atoms with Crippen molar-refractivity contribution in [3.05, 3.63) is 30.6 Å². The first kappa shape index (κ1) is 8.06. The summed E-state index contributed by atoms with van der Waals surface area (Å²) in [6.45, 7) is 0. The van der Waals surface area contributed by atoms with Crippen molar-refractivity contribution < 1.29 is 0 Å². The Balaban J connectivity index is 2.16. The molecule has 0 saturated heterocycles. The molecular formula is C7H5N5S. The summed E-state index contributed by atoms with van der Waals surface area (Å²) in [5.74, 6) is 0. The van der Waals surface area contributed by atoms with Crippen molar-refractivity contribution in [2.24, 2.45) is 0 Å². The molecule has 0 aliphatic heterocycles. The van der Waals surface area contributed by atoms with Gasteiger partial charge in [-0.1, -0.05) is 0 Å². The summed E-state index contributed by atoms with van der Waals surface area (Å²) in [5.41, 5.74) is 0. The van der Waals surface area contributed by atoms with Crippen LogP contribution in [0.2, 0.25) is 0 Å². The van der Waals surface area contributed by atoms with Gasteiger partial charge in [-0.3, -0.25) is 0 Å². The molecule has 2 aromatic rings. The van der Waals surface area contributed by atoms with E-state index in [9.17, 15) is 0 Å². The van der Waals surface area contributed by atoms with Gasteiger partial charge in [0.1, 0.15) is 10.1 Å². The zero-order chi connectivity index (χ0) is 8.93. The van der Waals surface area contributed by atoms with Crippen LogP contribution >= 0.6 is 11.8 Å². The molecule has 2 rings (SSSR count). The number of hydrogen-bond donors (Lipinski definition) is 0. The topological polar surface area (TPSA) is 64.5 Å². The molecule has 6 heteroatoms. The van der Waals surface area contributed by atoms with Crippen LogP contribution in [0.1, 0.15) is 0 Å². The highest BCUT2D eigenvalue weighted by atomic mass is 32.2. The molecule has 2 aromatic heterocycles. The maximum Gasteiger partial charge on any atom is 0.128 e. The third-order valence-corrected chi connectivity index (χ3v) is 2.09. The maximum absolute atomic E-state index is 3.90. The highest BCUT2D eigenvalue weighted by Crippen LogP contribution is 2.21. The van der Waals surface area contributed by atoms with Gasteiger partial charge in [0, 0.05) is 6.20 Å². The summed E-state index contributed by atoms with van der Waals surface area (Å²) in [5, 5.41) is 20.1. The van der Waals surface area contributed by atoms with Crippen molar-refractivity contribution in [3.63, 3.8) is 0 Å². The third-order valence-electron chi connectivity index (χ3n) is 1.24. The second kappa shape index (κ2) is 3.90. The molecule has 64 valence electrons. The SMILES string of the molecule is c1cnnc(Sc2ccnnn2)c1.